The number of hydrogen-bond acceptors (Lipinski definition) is 2. The van der Waals surface area contributed by atoms with Crippen molar-refractivity contribution in [2.24, 2.45) is 0 Å². The fourth-order valence-electron chi connectivity index (χ4n) is 1.34. The summed E-state index contributed by atoms with van der Waals surface area (Å²) >= 11 is 0. The molecule has 4 nitrogen and oxygen atoms in total. The second-order valence-electron chi connectivity index (χ2n) is 2.92. The monoisotopic (exact) mass is 201 g/mol. The fourth-order valence-corrected chi connectivity index (χ4v) is 1.34. The van der Waals surface area contributed by atoms with Crippen molar-refractivity contribution in [3.63, 3.8) is 0 Å². The summed E-state index contributed by atoms with van der Waals surface area (Å²) in [6.45, 7) is 1.75. The van der Waals surface area contributed by atoms with E-state index in [0.717, 1.165) is 4.68 Å². The van der Waals surface area contributed by atoms with E-state index >= 15 is 0 Å². The summed E-state index contributed by atoms with van der Waals surface area (Å²) in [5.41, 5.74) is 0.304. The molecule has 1 heterocycles. The first-order valence-electron chi connectivity index (χ1n) is 4.27. The first-order valence-corrected chi connectivity index (χ1v) is 4.27. The van der Waals surface area contributed by atoms with Crippen LogP contribution in [0.2, 0.25) is 0 Å². The maximum absolute atomic E-state index is 11.6. The molecule has 2 aromatic rings. The molecule has 0 saturated heterocycles. The van der Waals surface area contributed by atoms with Gasteiger partial charge in [0.1, 0.15) is 0 Å². The topological polar surface area (TPSA) is 58.7 Å². The van der Waals surface area contributed by atoms with Crippen LogP contribution in [0.3, 0.4) is 0 Å². The Balaban J connectivity index is 0.00000112. The van der Waals surface area contributed by atoms with Gasteiger partial charge in [-0.25, -0.2) is 0 Å². The molecular weight excluding hydrogens is 192 g/mol. The molecule has 0 aliphatic heterocycles. The molecule has 0 aliphatic rings. The Hall–Kier alpha value is -0.775. The average molecular weight is 201 g/mol. The van der Waals surface area contributed by atoms with Crippen molar-refractivity contribution in [3.8, 4) is 0 Å². The molecule has 0 amide bonds. The number of benzene rings is 1. The summed E-state index contributed by atoms with van der Waals surface area (Å²) < 4.78 is 0.808. The van der Waals surface area contributed by atoms with Crippen LogP contribution in [0.4, 0.5) is 0 Å². The molecule has 1 N–H and O–H groups in total. The van der Waals surface area contributed by atoms with Crippen molar-refractivity contribution in [2.45, 2.75) is 6.92 Å². The van der Waals surface area contributed by atoms with Gasteiger partial charge in [-0.15, -0.1) is 0 Å². The van der Waals surface area contributed by atoms with Crippen LogP contribution in [0.15, 0.2) is 29.1 Å². The average Bonchev–Trinajstić information content (AvgIpc) is 2.23. The van der Waals surface area contributed by atoms with Gasteiger partial charge in [-0.3, -0.25) is 9.78 Å². The van der Waals surface area contributed by atoms with Crippen molar-refractivity contribution in [3.05, 3.63) is 52.7 Å². The molecule has 0 unspecified atom stereocenters. The number of aromatic nitrogens is 2. The van der Waals surface area contributed by atoms with Crippen LogP contribution in [0, 0.1) is 6.42 Å². The fraction of sp³-hybridized carbons (Fsp3) is 0.100. The number of para-hydroxylation sites is 1. The normalized spacial score (nSPS) is 9.06. The maximum atomic E-state index is 11.6. The van der Waals surface area contributed by atoms with E-state index in [1.165, 1.54) is 0 Å². The second kappa shape index (κ2) is 6.08. The van der Waals surface area contributed by atoms with Gasteiger partial charge in [0, 0.05) is 0 Å². The van der Waals surface area contributed by atoms with Crippen molar-refractivity contribution >= 4 is 10.9 Å². The van der Waals surface area contributed by atoms with Gasteiger partial charge in [0.2, 0.25) is 5.56 Å². The molecule has 1 aromatic heterocycles. The van der Waals surface area contributed by atoms with Crippen LogP contribution in [-0.4, -0.2) is 9.66 Å². The minimum atomic E-state index is -0.330. The van der Waals surface area contributed by atoms with E-state index in [0.29, 0.717) is 16.7 Å². The van der Waals surface area contributed by atoms with Gasteiger partial charge in [0.05, 0.1) is 10.9 Å². The van der Waals surface area contributed by atoms with Gasteiger partial charge < -0.3 is 16.9 Å². The standard InChI is InChI=1S/C10H9N3O.2Li/c1-2-9-12-8-6-4-3-5-7(8)10(14)13(9)11;;/h2-6,11H,1H3;;/q-2;2*+1. The van der Waals surface area contributed by atoms with Crippen LogP contribution in [0.5, 0.6) is 0 Å². The second-order valence-corrected chi connectivity index (χ2v) is 2.92. The van der Waals surface area contributed by atoms with Gasteiger partial charge in [-0.2, -0.15) is 6.92 Å². The van der Waals surface area contributed by atoms with Crippen LogP contribution >= 0.6 is 0 Å². The van der Waals surface area contributed by atoms with Gasteiger partial charge in [-0.1, -0.05) is 12.1 Å². The van der Waals surface area contributed by atoms with Crippen LogP contribution < -0.4 is 43.3 Å². The van der Waals surface area contributed by atoms with E-state index in [2.05, 4.69) is 4.98 Å². The first-order chi connectivity index (χ1) is 6.74. The molecule has 0 spiro atoms. The van der Waals surface area contributed by atoms with Gasteiger partial charge in [0.15, 0.2) is 0 Å². The zero-order chi connectivity index (χ0) is 10.1. The summed E-state index contributed by atoms with van der Waals surface area (Å²) in [5.74, 6) is 7.86. The van der Waals surface area contributed by atoms with E-state index in [4.69, 9.17) is 5.84 Å². The summed E-state index contributed by atoms with van der Waals surface area (Å²) in [6.07, 6.45) is 1.64. The number of nitrogens with one attached hydrogen (secondary N) is 1. The molecule has 2 rings (SSSR count). The summed E-state index contributed by atoms with van der Waals surface area (Å²) in [4.78, 5) is 15.8. The Morgan fingerprint density at radius 1 is 1.31 bits per heavy atom. The third-order valence-electron chi connectivity index (χ3n) is 2.06. The van der Waals surface area contributed by atoms with Gasteiger partial charge in [0.25, 0.3) is 0 Å². The molecule has 0 radical (unpaired) electrons. The Morgan fingerprint density at radius 2 is 1.94 bits per heavy atom. The minimum Gasteiger partial charge on any atom is -0.629 e. The van der Waals surface area contributed by atoms with Crippen molar-refractivity contribution in [1.82, 2.24) is 9.66 Å². The molecule has 6 heteroatoms. The van der Waals surface area contributed by atoms with Crippen LogP contribution in [-0.2, 0) is 0 Å². The number of hydrogen-bond donors (Lipinski definition) is 0. The van der Waals surface area contributed by atoms with Crippen LogP contribution in [0.1, 0.15) is 12.7 Å². The molecule has 0 bridgehead atoms. The Morgan fingerprint density at radius 3 is 2.56 bits per heavy atom. The Bertz CT molecular complexity index is 539. The maximum Gasteiger partial charge on any atom is 1.00 e. The predicted octanol–water partition coefficient (Wildman–Crippen LogP) is -4.21. The summed E-state index contributed by atoms with van der Waals surface area (Å²) in [5, 5.41) is 0.480. The predicted molar refractivity (Wildman–Crippen MR) is 54.8 cm³/mol. The molecule has 0 atom stereocenters. The van der Waals surface area contributed by atoms with E-state index in [-0.39, 0.29) is 43.3 Å². The SMILES string of the molecule is C[CH-]c1nc2ccccc2c(=O)n1[NH-].[Li+].[Li+]. The third kappa shape index (κ3) is 2.48. The van der Waals surface area contributed by atoms with Crippen LogP contribution in [0.25, 0.3) is 16.7 Å². The Labute approximate surface area is 118 Å². The van der Waals surface area contributed by atoms with Gasteiger partial charge in [-0.05, 0) is 18.0 Å². The van der Waals surface area contributed by atoms with Crippen molar-refractivity contribution < 1.29 is 37.7 Å². The molecule has 16 heavy (non-hydrogen) atoms. The molecule has 72 valence electrons. The molecule has 0 aliphatic carbocycles. The Kier molecular flexibility index (Phi) is 5.79. The largest absolute Gasteiger partial charge is 1.00 e. The van der Waals surface area contributed by atoms with E-state index in [1.807, 2.05) is 6.07 Å². The zero-order valence-electron chi connectivity index (χ0n) is 9.69. The third-order valence-corrected chi connectivity index (χ3v) is 2.06. The van der Waals surface area contributed by atoms with E-state index < -0.39 is 0 Å². The minimum absolute atomic E-state index is 0. The quantitative estimate of drug-likeness (QED) is 0.347. The molecular formula is C10H9Li2N3O. The summed E-state index contributed by atoms with van der Waals surface area (Å²) in [6, 6.07) is 7.03. The summed E-state index contributed by atoms with van der Waals surface area (Å²) in [7, 11) is 0. The first kappa shape index (κ1) is 15.2. The molecule has 0 saturated carbocycles. The van der Waals surface area contributed by atoms with Crippen molar-refractivity contribution in [1.29, 1.82) is 0 Å². The zero-order valence-corrected chi connectivity index (χ0v) is 9.69. The molecule has 0 fully saturated rings. The molecule has 1 aromatic carbocycles. The van der Waals surface area contributed by atoms with Crippen molar-refractivity contribution in [2.75, 3.05) is 0 Å². The van der Waals surface area contributed by atoms with Gasteiger partial charge >= 0.3 is 37.7 Å². The smallest absolute Gasteiger partial charge is 0.629 e. The number of rotatable bonds is 1. The van der Waals surface area contributed by atoms with E-state index in [9.17, 15) is 4.79 Å². The number of fused-ring (bicyclic) bond motifs is 1. The number of nitrogens with zero attached hydrogens (tertiary/aromatic N) is 2. The van der Waals surface area contributed by atoms with E-state index in [1.54, 1.807) is 31.5 Å².